The Morgan fingerprint density at radius 1 is 1.14 bits per heavy atom. The molecule has 1 fully saturated rings. The summed E-state index contributed by atoms with van der Waals surface area (Å²) >= 11 is 3.69. The number of benzene rings is 2. The predicted molar refractivity (Wildman–Crippen MR) is 94.6 cm³/mol. The van der Waals surface area contributed by atoms with Crippen molar-refractivity contribution in [2.45, 2.75) is 39.2 Å². The van der Waals surface area contributed by atoms with Gasteiger partial charge >= 0.3 is 0 Å². The first kappa shape index (κ1) is 15.1. The van der Waals surface area contributed by atoms with Crippen LogP contribution in [0.25, 0.3) is 10.8 Å². The molecule has 1 nitrogen and oxygen atoms in total. The summed E-state index contributed by atoms with van der Waals surface area (Å²) < 4.78 is 1.18. The van der Waals surface area contributed by atoms with Crippen LogP contribution in [0.1, 0.15) is 44.7 Å². The van der Waals surface area contributed by atoms with Crippen molar-refractivity contribution in [3.8, 4) is 0 Å². The predicted octanol–water partition coefficient (Wildman–Crippen LogP) is 5.69. The topological polar surface area (TPSA) is 12.0 Å². The van der Waals surface area contributed by atoms with Crippen molar-refractivity contribution in [2.24, 2.45) is 11.3 Å². The van der Waals surface area contributed by atoms with Crippen LogP contribution in [0.4, 0.5) is 0 Å². The molecule has 2 atom stereocenters. The summed E-state index contributed by atoms with van der Waals surface area (Å²) in [7, 11) is 2.11. The van der Waals surface area contributed by atoms with E-state index in [0.29, 0.717) is 17.4 Å². The molecule has 1 aliphatic rings. The summed E-state index contributed by atoms with van der Waals surface area (Å²) in [5, 5.41) is 6.29. The molecule has 2 heteroatoms. The van der Waals surface area contributed by atoms with E-state index in [1.165, 1.54) is 40.1 Å². The molecule has 0 aromatic heterocycles. The van der Waals surface area contributed by atoms with Crippen molar-refractivity contribution >= 4 is 26.7 Å². The van der Waals surface area contributed by atoms with Gasteiger partial charge in [0.05, 0.1) is 0 Å². The van der Waals surface area contributed by atoms with Crippen LogP contribution in [0.5, 0.6) is 0 Å². The monoisotopic (exact) mass is 345 g/mol. The Balaban J connectivity index is 2.12. The molecule has 2 aromatic carbocycles. The molecule has 1 N–H and O–H groups in total. The Kier molecular flexibility index (Phi) is 4.11. The van der Waals surface area contributed by atoms with E-state index in [4.69, 9.17) is 0 Å². The first-order chi connectivity index (χ1) is 10.0. The third kappa shape index (κ3) is 2.64. The molecule has 3 rings (SSSR count). The molecular formula is C19H24BrN. The van der Waals surface area contributed by atoms with E-state index >= 15 is 0 Å². The molecule has 112 valence electrons. The van der Waals surface area contributed by atoms with Crippen molar-refractivity contribution in [3.05, 3.63) is 46.4 Å². The zero-order valence-corrected chi connectivity index (χ0v) is 14.7. The summed E-state index contributed by atoms with van der Waals surface area (Å²) in [5.41, 5.74) is 1.86. The maximum Gasteiger partial charge on any atom is 0.0357 e. The number of fused-ring (bicyclic) bond motifs is 1. The maximum atomic E-state index is 3.69. The average Bonchev–Trinajstić information content (AvgIpc) is 2.82. The maximum absolute atomic E-state index is 3.69. The van der Waals surface area contributed by atoms with Crippen molar-refractivity contribution in [2.75, 3.05) is 7.05 Å². The van der Waals surface area contributed by atoms with Gasteiger partial charge in [-0.3, -0.25) is 0 Å². The molecule has 2 aromatic rings. The zero-order valence-electron chi connectivity index (χ0n) is 13.1. The van der Waals surface area contributed by atoms with Gasteiger partial charge in [0.25, 0.3) is 0 Å². The Morgan fingerprint density at radius 3 is 2.48 bits per heavy atom. The number of halogens is 1. The van der Waals surface area contributed by atoms with E-state index in [9.17, 15) is 0 Å². The molecular weight excluding hydrogens is 322 g/mol. The van der Waals surface area contributed by atoms with Gasteiger partial charge in [0.15, 0.2) is 0 Å². The summed E-state index contributed by atoms with van der Waals surface area (Å²) in [6.07, 6.45) is 4.01. The van der Waals surface area contributed by atoms with Crippen LogP contribution in [0.2, 0.25) is 0 Å². The molecule has 1 saturated carbocycles. The normalized spacial score (nSPS) is 22.6. The highest BCUT2D eigenvalue weighted by molar-refractivity contribution is 9.10. The molecule has 0 heterocycles. The lowest BCUT2D eigenvalue weighted by atomic mass is 9.75. The van der Waals surface area contributed by atoms with E-state index in [0.717, 1.165) is 0 Å². The fourth-order valence-electron chi connectivity index (χ4n) is 4.10. The second-order valence-electron chi connectivity index (χ2n) is 6.94. The average molecular weight is 346 g/mol. The quantitative estimate of drug-likeness (QED) is 0.753. The Labute approximate surface area is 136 Å². The third-order valence-electron chi connectivity index (χ3n) is 5.29. The van der Waals surface area contributed by atoms with Crippen molar-refractivity contribution < 1.29 is 0 Å². The minimum atomic E-state index is 0.419. The first-order valence-corrected chi connectivity index (χ1v) is 8.68. The molecule has 0 amide bonds. The minimum Gasteiger partial charge on any atom is -0.313 e. The van der Waals surface area contributed by atoms with Gasteiger partial charge in [-0.15, -0.1) is 0 Å². The molecule has 21 heavy (non-hydrogen) atoms. The second kappa shape index (κ2) is 5.73. The minimum absolute atomic E-state index is 0.419. The highest BCUT2D eigenvalue weighted by atomic mass is 79.9. The molecule has 0 spiro atoms. The third-order valence-corrected chi connectivity index (χ3v) is 5.98. The van der Waals surface area contributed by atoms with Crippen molar-refractivity contribution in [1.29, 1.82) is 0 Å². The van der Waals surface area contributed by atoms with E-state index in [-0.39, 0.29) is 0 Å². The largest absolute Gasteiger partial charge is 0.313 e. The number of hydrogen-bond donors (Lipinski definition) is 1. The molecule has 0 saturated heterocycles. The lowest BCUT2D eigenvalue weighted by Gasteiger charge is -2.35. The zero-order chi connectivity index (χ0) is 15.0. The lowest BCUT2D eigenvalue weighted by molar-refractivity contribution is 0.204. The van der Waals surface area contributed by atoms with E-state index in [1.807, 2.05) is 0 Å². The first-order valence-electron chi connectivity index (χ1n) is 7.89. The summed E-state index contributed by atoms with van der Waals surface area (Å²) in [5.74, 6) is 0.701. The van der Waals surface area contributed by atoms with Crippen LogP contribution >= 0.6 is 15.9 Å². The molecule has 1 aliphatic carbocycles. The summed E-state index contributed by atoms with van der Waals surface area (Å²) in [6.45, 7) is 4.85. The van der Waals surface area contributed by atoms with Crippen LogP contribution < -0.4 is 5.32 Å². The van der Waals surface area contributed by atoms with Crippen LogP contribution in [0, 0.1) is 11.3 Å². The van der Waals surface area contributed by atoms with Crippen LogP contribution in [0.15, 0.2) is 40.9 Å². The van der Waals surface area contributed by atoms with Crippen LogP contribution in [-0.4, -0.2) is 7.05 Å². The van der Waals surface area contributed by atoms with E-state index in [1.54, 1.807) is 0 Å². The Bertz CT molecular complexity index is 647. The molecule has 0 aliphatic heterocycles. The molecule has 0 bridgehead atoms. The SMILES string of the molecule is CNC(c1ccc(Br)c2ccccc12)C1CCCC1(C)C. The molecule has 2 unspecified atom stereocenters. The van der Waals surface area contributed by atoms with Gasteiger partial charge in [0.1, 0.15) is 0 Å². The van der Waals surface area contributed by atoms with Gasteiger partial charge in [-0.2, -0.15) is 0 Å². The van der Waals surface area contributed by atoms with Gasteiger partial charge in [0, 0.05) is 10.5 Å². The van der Waals surface area contributed by atoms with E-state index < -0.39 is 0 Å². The van der Waals surface area contributed by atoms with Gasteiger partial charge < -0.3 is 5.32 Å². The Hall–Kier alpha value is -0.860. The highest BCUT2D eigenvalue weighted by Crippen LogP contribution is 2.49. The van der Waals surface area contributed by atoms with Gasteiger partial charge in [-0.1, -0.05) is 66.5 Å². The number of rotatable bonds is 3. The van der Waals surface area contributed by atoms with Crippen molar-refractivity contribution in [1.82, 2.24) is 5.32 Å². The number of hydrogen-bond acceptors (Lipinski definition) is 1. The highest BCUT2D eigenvalue weighted by Gasteiger charge is 2.39. The van der Waals surface area contributed by atoms with Gasteiger partial charge in [-0.25, -0.2) is 0 Å². The van der Waals surface area contributed by atoms with Crippen LogP contribution in [0.3, 0.4) is 0 Å². The smallest absolute Gasteiger partial charge is 0.0357 e. The second-order valence-corrected chi connectivity index (χ2v) is 7.79. The Morgan fingerprint density at radius 2 is 1.86 bits per heavy atom. The van der Waals surface area contributed by atoms with Gasteiger partial charge in [0.2, 0.25) is 0 Å². The summed E-state index contributed by atoms with van der Waals surface area (Å²) in [6, 6.07) is 13.6. The lowest BCUT2D eigenvalue weighted by Crippen LogP contribution is -2.32. The van der Waals surface area contributed by atoms with Crippen LogP contribution in [-0.2, 0) is 0 Å². The number of nitrogens with one attached hydrogen (secondary N) is 1. The van der Waals surface area contributed by atoms with E-state index in [2.05, 4.69) is 78.5 Å². The fourth-order valence-corrected chi connectivity index (χ4v) is 4.58. The van der Waals surface area contributed by atoms with Gasteiger partial charge in [-0.05, 0) is 53.6 Å². The van der Waals surface area contributed by atoms with Crippen molar-refractivity contribution in [3.63, 3.8) is 0 Å². The fraction of sp³-hybridized carbons (Fsp3) is 0.474. The standard InChI is InChI=1S/C19H24BrN/c1-19(2)12-6-9-16(19)18(21-3)15-10-11-17(20)14-8-5-4-7-13(14)15/h4-5,7-8,10-11,16,18,21H,6,9,12H2,1-3H3. The summed E-state index contributed by atoms with van der Waals surface area (Å²) in [4.78, 5) is 0. The molecule has 0 radical (unpaired) electrons.